The Labute approximate surface area is 157 Å². The summed E-state index contributed by atoms with van der Waals surface area (Å²) in [5.41, 5.74) is 2.43. The van der Waals surface area contributed by atoms with Gasteiger partial charge in [-0.1, -0.05) is 26.2 Å². The molecule has 0 spiro atoms. The van der Waals surface area contributed by atoms with Crippen molar-refractivity contribution in [1.29, 1.82) is 0 Å². The third-order valence-corrected chi connectivity index (χ3v) is 4.86. The summed E-state index contributed by atoms with van der Waals surface area (Å²) in [7, 11) is 0. The van der Waals surface area contributed by atoms with Crippen molar-refractivity contribution in [3.05, 3.63) is 63.4 Å². The summed E-state index contributed by atoms with van der Waals surface area (Å²) in [4.78, 5) is 24.6. The zero-order valence-electron chi connectivity index (χ0n) is 16.0. The summed E-state index contributed by atoms with van der Waals surface area (Å²) in [5, 5.41) is 0.871. The third kappa shape index (κ3) is 3.97. The maximum atomic E-state index is 12.5. The highest BCUT2D eigenvalue weighted by atomic mass is 16.5. The van der Waals surface area contributed by atoms with Gasteiger partial charge in [-0.3, -0.25) is 0 Å². The van der Waals surface area contributed by atoms with Gasteiger partial charge >= 0.3 is 11.6 Å². The van der Waals surface area contributed by atoms with Crippen LogP contribution in [-0.2, 0) is 6.42 Å². The summed E-state index contributed by atoms with van der Waals surface area (Å²) in [5.74, 6) is -0.120. The molecular formula is C22H24O5. The maximum Gasteiger partial charge on any atom is 0.379 e. The number of rotatable bonds is 7. The number of unbranched alkanes of at least 4 members (excludes halogenated alkanes) is 3. The summed E-state index contributed by atoms with van der Waals surface area (Å²) in [6, 6.07) is 6.72. The van der Waals surface area contributed by atoms with Crippen LogP contribution in [0.2, 0.25) is 0 Å². The molecule has 0 aliphatic rings. The summed E-state index contributed by atoms with van der Waals surface area (Å²) in [6.07, 6.45) is 6.54. The van der Waals surface area contributed by atoms with Gasteiger partial charge in [0.1, 0.15) is 11.3 Å². The molecule has 0 N–H and O–H groups in total. The van der Waals surface area contributed by atoms with Gasteiger partial charge in [-0.05, 0) is 56.5 Å². The van der Waals surface area contributed by atoms with Gasteiger partial charge in [-0.2, -0.15) is 0 Å². The van der Waals surface area contributed by atoms with Crippen LogP contribution in [0.15, 0.2) is 44.2 Å². The predicted octanol–water partition coefficient (Wildman–Crippen LogP) is 5.34. The van der Waals surface area contributed by atoms with Crippen LogP contribution < -0.4 is 10.4 Å². The summed E-state index contributed by atoms with van der Waals surface area (Å²) < 4.78 is 16.1. The molecule has 5 heteroatoms. The lowest BCUT2D eigenvalue weighted by Crippen LogP contribution is -2.12. The molecule has 0 atom stereocenters. The van der Waals surface area contributed by atoms with Crippen LogP contribution in [0.4, 0.5) is 0 Å². The highest BCUT2D eigenvalue weighted by molar-refractivity contribution is 5.90. The number of ether oxygens (including phenoxy) is 1. The van der Waals surface area contributed by atoms with Gasteiger partial charge in [0.05, 0.1) is 6.26 Å². The van der Waals surface area contributed by atoms with E-state index in [-0.39, 0.29) is 11.4 Å². The van der Waals surface area contributed by atoms with Crippen molar-refractivity contribution in [2.45, 2.75) is 52.9 Å². The molecule has 2 aromatic heterocycles. The van der Waals surface area contributed by atoms with Gasteiger partial charge in [0.15, 0.2) is 0 Å². The minimum Gasteiger partial charge on any atom is -0.457 e. The van der Waals surface area contributed by atoms with E-state index in [1.54, 1.807) is 19.1 Å². The second kappa shape index (κ2) is 8.25. The van der Waals surface area contributed by atoms with Crippen LogP contribution in [0.1, 0.15) is 59.9 Å². The largest absolute Gasteiger partial charge is 0.457 e. The van der Waals surface area contributed by atoms with Crippen LogP contribution >= 0.6 is 0 Å². The molecule has 142 valence electrons. The highest BCUT2D eigenvalue weighted by Crippen LogP contribution is 2.30. The summed E-state index contributed by atoms with van der Waals surface area (Å²) >= 11 is 0. The van der Waals surface area contributed by atoms with Crippen molar-refractivity contribution >= 4 is 16.9 Å². The minimum atomic E-state index is -0.589. The van der Waals surface area contributed by atoms with Crippen molar-refractivity contribution in [2.75, 3.05) is 0 Å². The molecule has 0 amide bonds. The zero-order valence-corrected chi connectivity index (χ0v) is 16.0. The molecule has 3 rings (SSSR count). The fraction of sp³-hybridized carbons (Fsp3) is 0.364. The lowest BCUT2D eigenvalue weighted by atomic mass is 9.99. The van der Waals surface area contributed by atoms with E-state index in [0.717, 1.165) is 42.2 Å². The minimum absolute atomic E-state index is 0.120. The van der Waals surface area contributed by atoms with E-state index < -0.39 is 5.97 Å². The molecule has 1 aromatic carbocycles. The number of hydrogen-bond acceptors (Lipinski definition) is 5. The molecular weight excluding hydrogens is 344 g/mol. The molecule has 0 unspecified atom stereocenters. The van der Waals surface area contributed by atoms with Gasteiger partial charge in [-0.25, -0.2) is 9.59 Å². The Hall–Kier alpha value is -2.82. The predicted molar refractivity (Wildman–Crippen MR) is 103 cm³/mol. The molecule has 2 heterocycles. The van der Waals surface area contributed by atoms with Gasteiger partial charge in [0.25, 0.3) is 0 Å². The van der Waals surface area contributed by atoms with Crippen LogP contribution in [0.25, 0.3) is 11.0 Å². The molecule has 0 aliphatic heterocycles. The number of esters is 1. The van der Waals surface area contributed by atoms with Crippen molar-refractivity contribution in [2.24, 2.45) is 0 Å². The Kier molecular flexibility index (Phi) is 5.79. The highest BCUT2D eigenvalue weighted by Gasteiger charge is 2.18. The first-order valence-corrected chi connectivity index (χ1v) is 9.34. The summed E-state index contributed by atoms with van der Waals surface area (Å²) in [6.45, 7) is 5.88. The SMILES string of the molecule is CCCCCCc1c(C)c2ccc(OC(=O)c3ccco3)c(C)c2oc1=O. The maximum absolute atomic E-state index is 12.5. The van der Waals surface area contributed by atoms with Crippen molar-refractivity contribution in [1.82, 2.24) is 0 Å². The number of benzene rings is 1. The number of fused-ring (bicyclic) bond motifs is 1. The van der Waals surface area contributed by atoms with E-state index in [1.807, 2.05) is 13.0 Å². The van der Waals surface area contributed by atoms with Crippen LogP contribution in [-0.4, -0.2) is 5.97 Å². The Balaban J connectivity index is 1.92. The van der Waals surface area contributed by atoms with Crippen molar-refractivity contribution < 1.29 is 18.4 Å². The first kappa shape index (κ1) is 19.0. The smallest absolute Gasteiger partial charge is 0.379 e. The average Bonchev–Trinajstić information content (AvgIpc) is 3.18. The van der Waals surface area contributed by atoms with Gasteiger partial charge in [0, 0.05) is 16.5 Å². The normalized spacial score (nSPS) is 11.1. The lowest BCUT2D eigenvalue weighted by molar-refractivity contribution is 0.0700. The molecule has 0 saturated carbocycles. The van der Waals surface area contributed by atoms with Gasteiger partial charge in [0.2, 0.25) is 5.76 Å². The Bertz CT molecular complexity index is 996. The molecule has 0 aliphatic carbocycles. The molecule has 5 nitrogen and oxygen atoms in total. The second-order valence-corrected chi connectivity index (χ2v) is 6.74. The standard InChI is InChI=1S/C22H24O5/c1-4-5-6-7-9-17-14(2)16-11-12-18(15(3)20(16)27-21(17)23)26-22(24)19-10-8-13-25-19/h8,10-13H,4-7,9H2,1-3H3. The molecule has 3 aromatic rings. The van der Waals surface area contributed by atoms with E-state index >= 15 is 0 Å². The fourth-order valence-electron chi connectivity index (χ4n) is 3.24. The Morgan fingerprint density at radius 3 is 2.59 bits per heavy atom. The first-order valence-electron chi connectivity index (χ1n) is 9.34. The van der Waals surface area contributed by atoms with E-state index in [1.165, 1.54) is 18.8 Å². The lowest BCUT2D eigenvalue weighted by Gasteiger charge is -2.12. The first-order chi connectivity index (χ1) is 13.0. The van der Waals surface area contributed by atoms with Crippen molar-refractivity contribution in [3.63, 3.8) is 0 Å². The average molecular weight is 368 g/mol. The number of aryl methyl sites for hydroxylation is 2. The molecule has 0 saturated heterocycles. The van der Waals surface area contributed by atoms with Crippen LogP contribution in [0.3, 0.4) is 0 Å². The quantitative estimate of drug-likeness (QED) is 0.243. The number of furan rings is 1. The second-order valence-electron chi connectivity index (χ2n) is 6.74. The van der Waals surface area contributed by atoms with Gasteiger partial charge in [-0.15, -0.1) is 0 Å². The zero-order chi connectivity index (χ0) is 19.4. The monoisotopic (exact) mass is 368 g/mol. The van der Waals surface area contributed by atoms with E-state index in [2.05, 4.69) is 6.92 Å². The van der Waals surface area contributed by atoms with Crippen LogP contribution in [0, 0.1) is 13.8 Å². The Morgan fingerprint density at radius 1 is 1.07 bits per heavy atom. The van der Waals surface area contributed by atoms with Crippen molar-refractivity contribution in [3.8, 4) is 5.75 Å². The molecule has 0 fully saturated rings. The number of carbonyl (C=O) groups is 1. The molecule has 0 radical (unpaired) electrons. The van der Waals surface area contributed by atoms with Crippen LogP contribution in [0.5, 0.6) is 5.75 Å². The van der Waals surface area contributed by atoms with E-state index in [0.29, 0.717) is 16.9 Å². The fourth-order valence-corrected chi connectivity index (χ4v) is 3.24. The van der Waals surface area contributed by atoms with E-state index in [4.69, 9.17) is 13.6 Å². The third-order valence-electron chi connectivity index (χ3n) is 4.86. The van der Waals surface area contributed by atoms with Gasteiger partial charge < -0.3 is 13.6 Å². The molecule has 27 heavy (non-hydrogen) atoms. The van der Waals surface area contributed by atoms with E-state index in [9.17, 15) is 9.59 Å². The Morgan fingerprint density at radius 2 is 1.89 bits per heavy atom. The molecule has 0 bridgehead atoms. The number of carbonyl (C=O) groups excluding carboxylic acids is 1. The topological polar surface area (TPSA) is 69.7 Å². The number of hydrogen-bond donors (Lipinski definition) is 0.